The lowest BCUT2D eigenvalue weighted by Gasteiger charge is -2.36. The number of carbonyl (C=O) groups is 1. The number of benzene rings is 1. The van der Waals surface area contributed by atoms with Gasteiger partial charge in [0.15, 0.2) is 0 Å². The molecule has 0 fully saturated rings. The summed E-state index contributed by atoms with van der Waals surface area (Å²) in [5.41, 5.74) is 2.20. The van der Waals surface area contributed by atoms with E-state index in [0.717, 1.165) is 18.5 Å². The van der Waals surface area contributed by atoms with E-state index in [1.165, 1.54) is 12.5 Å². The second-order valence-corrected chi connectivity index (χ2v) is 4.87. The summed E-state index contributed by atoms with van der Waals surface area (Å²) in [4.78, 5) is 23.4. The van der Waals surface area contributed by atoms with E-state index in [-0.39, 0.29) is 30.1 Å². The normalized spacial score (nSPS) is 17.4. The Morgan fingerprint density at radius 1 is 1.50 bits per heavy atom. The molecule has 0 spiro atoms. The van der Waals surface area contributed by atoms with Crippen LogP contribution in [0.1, 0.15) is 18.9 Å². The average molecular weight is 278 g/mol. The van der Waals surface area contributed by atoms with Crippen molar-refractivity contribution in [2.45, 2.75) is 25.8 Å². The quantitative estimate of drug-likeness (QED) is 0.465. The van der Waals surface area contributed by atoms with Crippen molar-refractivity contribution in [1.29, 1.82) is 0 Å². The zero-order valence-electron chi connectivity index (χ0n) is 11.4. The van der Waals surface area contributed by atoms with Crippen LogP contribution < -0.4 is 4.90 Å². The van der Waals surface area contributed by atoms with E-state index >= 15 is 0 Å². The second-order valence-electron chi connectivity index (χ2n) is 4.87. The van der Waals surface area contributed by atoms with Gasteiger partial charge in [0.25, 0.3) is 0 Å². The summed E-state index contributed by atoms with van der Waals surface area (Å²) in [6, 6.07) is 7.75. The minimum absolute atomic E-state index is 0.0889. The number of para-hydroxylation sites is 1. The fraction of sp³-hybridized carbons (Fsp3) is 0.500. The highest BCUT2D eigenvalue weighted by molar-refractivity contribution is 5.66. The molecule has 1 heterocycles. The molecule has 1 aliphatic rings. The lowest BCUT2D eigenvalue weighted by molar-refractivity contribution is -0.482. The Hall–Kier alpha value is -2.11. The van der Waals surface area contributed by atoms with Crippen LogP contribution in [0.2, 0.25) is 0 Å². The number of rotatable bonds is 5. The number of carbonyl (C=O) groups excluding carboxylic acids is 1. The minimum Gasteiger partial charge on any atom is -0.464 e. The first kappa shape index (κ1) is 14.3. The minimum atomic E-state index is -0.332. The van der Waals surface area contributed by atoms with Crippen LogP contribution in [0, 0.1) is 10.1 Å². The van der Waals surface area contributed by atoms with Gasteiger partial charge in [0.1, 0.15) is 6.61 Å². The molecule has 0 aromatic heterocycles. The van der Waals surface area contributed by atoms with Gasteiger partial charge in [-0.15, -0.1) is 0 Å². The largest absolute Gasteiger partial charge is 0.464 e. The maximum absolute atomic E-state index is 10.8. The van der Waals surface area contributed by atoms with Crippen LogP contribution in [0.25, 0.3) is 0 Å². The molecule has 1 aromatic rings. The fourth-order valence-corrected chi connectivity index (χ4v) is 2.63. The van der Waals surface area contributed by atoms with Crippen LogP contribution in [0.4, 0.5) is 5.69 Å². The maximum Gasteiger partial charge on any atom is 0.302 e. The van der Waals surface area contributed by atoms with E-state index in [2.05, 4.69) is 0 Å². The predicted molar refractivity (Wildman–Crippen MR) is 74.4 cm³/mol. The van der Waals surface area contributed by atoms with Gasteiger partial charge in [0.2, 0.25) is 6.54 Å². The second kappa shape index (κ2) is 6.36. The van der Waals surface area contributed by atoms with Gasteiger partial charge in [0.05, 0.1) is 12.6 Å². The first-order valence-electron chi connectivity index (χ1n) is 6.67. The number of ether oxygens (including phenoxy) is 1. The third-order valence-electron chi connectivity index (χ3n) is 3.49. The van der Waals surface area contributed by atoms with Crippen LogP contribution in [0.3, 0.4) is 0 Å². The molecule has 20 heavy (non-hydrogen) atoms. The van der Waals surface area contributed by atoms with Gasteiger partial charge >= 0.3 is 5.97 Å². The molecule has 1 unspecified atom stereocenters. The summed E-state index contributed by atoms with van der Waals surface area (Å²) >= 11 is 0. The highest BCUT2D eigenvalue weighted by Crippen LogP contribution is 2.30. The van der Waals surface area contributed by atoms with E-state index in [4.69, 9.17) is 4.74 Å². The summed E-state index contributed by atoms with van der Waals surface area (Å²) in [5.74, 6) is -0.332. The van der Waals surface area contributed by atoms with Gasteiger partial charge in [-0.3, -0.25) is 14.9 Å². The van der Waals surface area contributed by atoms with Gasteiger partial charge in [-0.1, -0.05) is 18.2 Å². The number of aryl methyl sites for hydroxylation is 1. The van der Waals surface area contributed by atoms with Crippen molar-refractivity contribution in [1.82, 2.24) is 0 Å². The number of hydrogen-bond acceptors (Lipinski definition) is 5. The predicted octanol–water partition coefficient (Wildman–Crippen LogP) is 1.65. The van der Waals surface area contributed by atoms with Gasteiger partial charge in [0, 0.05) is 17.5 Å². The van der Waals surface area contributed by atoms with E-state index in [1.54, 1.807) is 0 Å². The highest BCUT2D eigenvalue weighted by Gasteiger charge is 2.29. The molecule has 0 N–H and O–H groups in total. The molecule has 0 radical (unpaired) electrons. The molecule has 0 saturated carbocycles. The van der Waals surface area contributed by atoms with Gasteiger partial charge in [-0.05, 0) is 24.5 Å². The van der Waals surface area contributed by atoms with Crippen molar-refractivity contribution >= 4 is 11.7 Å². The van der Waals surface area contributed by atoms with Crippen molar-refractivity contribution in [2.24, 2.45) is 0 Å². The molecule has 0 amide bonds. The standard InChI is InChI=1S/C14H18N2O4/c1-11(17)20-9-8-15-13(10-16(18)19)7-6-12-4-2-3-5-14(12)15/h2-5,13H,6-10H2,1H3. The van der Waals surface area contributed by atoms with Crippen LogP contribution in [-0.4, -0.2) is 36.6 Å². The van der Waals surface area contributed by atoms with Gasteiger partial charge < -0.3 is 9.64 Å². The fourth-order valence-electron chi connectivity index (χ4n) is 2.63. The number of fused-ring (bicyclic) bond motifs is 1. The molecular weight excluding hydrogens is 260 g/mol. The summed E-state index contributed by atoms with van der Waals surface area (Å²) in [5, 5.41) is 10.8. The van der Waals surface area contributed by atoms with E-state index in [9.17, 15) is 14.9 Å². The van der Waals surface area contributed by atoms with Crippen LogP contribution in [0.15, 0.2) is 24.3 Å². The molecule has 0 bridgehead atoms. The Kier molecular flexibility index (Phi) is 4.55. The van der Waals surface area contributed by atoms with Gasteiger partial charge in [-0.2, -0.15) is 0 Å². The van der Waals surface area contributed by atoms with Crippen LogP contribution in [-0.2, 0) is 16.0 Å². The lowest BCUT2D eigenvalue weighted by Crippen LogP contribution is -2.45. The molecule has 2 rings (SSSR count). The highest BCUT2D eigenvalue weighted by atomic mass is 16.6. The number of esters is 1. The zero-order valence-corrected chi connectivity index (χ0v) is 11.4. The molecule has 108 valence electrons. The van der Waals surface area contributed by atoms with Gasteiger partial charge in [-0.25, -0.2) is 0 Å². The Morgan fingerprint density at radius 2 is 2.25 bits per heavy atom. The molecule has 0 aliphatic carbocycles. The third-order valence-corrected chi connectivity index (χ3v) is 3.49. The first-order chi connectivity index (χ1) is 9.58. The smallest absolute Gasteiger partial charge is 0.302 e. The van der Waals surface area contributed by atoms with E-state index in [1.807, 2.05) is 29.2 Å². The molecule has 1 aromatic carbocycles. The van der Waals surface area contributed by atoms with E-state index < -0.39 is 0 Å². The molecule has 1 atom stereocenters. The zero-order chi connectivity index (χ0) is 14.5. The Bertz CT molecular complexity index is 504. The maximum atomic E-state index is 10.8. The first-order valence-corrected chi connectivity index (χ1v) is 6.67. The summed E-state index contributed by atoms with van der Waals surface area (Å²) in [6.45, 7) is 2.00. The van der Waals surface area contributed by atoms with Crippen LogP contribution in [0.5, 0.6) is 0 Å². The average Bonchev–Trinajstić information content (AvgIpc) is 2.40. The number of anilines is 1. The summed E-state index contributed by atoms with van der Waals surface area (Å²) in [6.07, 6.45) is 1.59. The lowest BCUT2D eigenvalue weighted by atomic mass is 9.96. The number of nitrogens with zero attached hydrogens (tertiary/aromatic N) is 2. The molecule has 0 saturated heterocycles. The number of nitro groups is 1. The van der Waals surface area contributed by atoms with Crippen molar-refractivity contribution in [3.05, 3.63) is 39.9 Å². The SMILES string of the molecule is CC(=O)OCCN1c2ccccc2CCC1C[N+](=O)[O-]. The van der Waals surface area contributed by atoms with Crippen molar-refractivity contribution < 1.29 is 14.5 Å². The number of hydrogen-bond donors (Lipinski definition) is 0. The molecular formula is C14H18N2O4. The monoisotopic (exact) mass is 278 g/mol. The Morgan fingerprint density at radius 3 is 2.95 bits per heavy atom. The summed E-state index contributed by atoms with van der Waals surface area (Å²) < 4.78 is 4.96. The Labute approximate surface area is 117 Å². The molecule has 6 nitrogen and oxygen atoms in total. The Balaban J connectivity index is 2.14. The van der Waals surface area contributed by atoms with Crippen molar-refractivity contribution in [2.75, 3.05) is 24.6 Å². The van der Waals surface area contributed by atoms with E-state index in [0.29, 0.717) is 6.54 Å². The third kappa shape index (κ3) is 3.46. The molecule has 6 heteroatoms. The van der Waals surface area contributed by atoms with Crippen molar-refractivity contribution in [3.63, 3.8) is 0 Å². The topological polar surface area (TPSA) is 72.7 Å². The van der Waals surface area contributed by atoms with Crippen LogP contribution >= 0.6 is 0 Å². The van der Waals surface area contributed by atoms with Crippen molar-refractivity contribution in [3.8, 4) is 0 Å². The summed E-state index contributed by atoms with van der Waals surface area (Å²) in [7, 11) is 0. The molecule has 1 aliphatic heterocycles.